The van der Waals surface area contributed by atoms with Gasteiger partial charge in [0, 0.05) is 11.1 Å². The Morgan fingerprint density at radius 3 is 2.55 bits per heavy atom. The van der Waals surface area contributed by atoms with Crippen LogP contribution < -0.4 is 14.2 Å². The molecule has 0 bridgehead atoms. The maximum Gasteiger partial charge on any atom is 0.213 e. The summed E-state index contributed by atoms with van der Waals surface area (Å²) in [6.07, 6.45) is 0. The first-order valence-electron chi connectivity index (χ1n) is 9.31. The van der Waals surface area contributed by atoms with E-state index >= 15 is 0 Å². The Morgan fingerprint density at radius 1 is 1.00 bits per heavy atom. The number of benzene rings is 2. The normalized spacial score (nSPS) is 15.4. The van der Waals surface area contributed by atoms with Crippen LogP contribution in [-0.2, 0) is 0 Å². The standard InChI is InChI=1S/C21H22N4O3S/c1-5-28-16-9-7-6-8-15(16)19-13(2)29-21-23-22-20(25(21)24-19)14-10-11-17(26-3)18(12-14)27-4/h6-13H,5H2,1-4H3/t13-/m0/s1. The molecule has 0 N–H and O–H groups in total. The molecule has 29 heavy (non-hydrogen) atoms. The van der Waals surface area contributed by atoms with E-state index in [1.54, 1.807) is 30.7 Å². The molecule has 0 unspecified atom stereocenters. The Morgan fingerprint density at radius 2 is 1.79 bits per heavy atom. The highest BCUT2D eigenvalue weighted by atomic mass is 32.2. The molecule has 8 heteroatoms. The number of fused-ring (bicyclic) bond motifs is 1. The van der Waals surface area contributed by atoms with Crippen molar-refractivity contribution in [3.8, 4) is 28.6 Å². The largest absolute Gasteiger partial charge is 0.493 e. The molecule has 1 aliphatic rings. The van der Waals surface area contributed by atoms with Crippen molar-refractivity contribution in [3.05, 3.63) is 48.0 Å². The van der Waals surface area contributed by atoms with E-state index in [4.69, 9.17) is 19.3 Å². The fourth-order valence-electron chi connectivity index (χ4n) is 3.22. The van der Waals surface area contributed by atoms with Crippen LogP contribution in [0, 0.1) is 0 Å². The zero-order valence-electron chi connectivity index (χ0n) is 16.7. The minimum Gasteiger partial charge on any atom is -0.493 e. The van der Waals surface area contributed by atoms with E-state index in [9.17, 15) is 0 Å². The fourth-order valence-corrected chi connectivity index (χ4v) is 4.14. The Labute approximate surface area is 173 Å². The third-order valence-corrected chi connectivity index (χ3v) is 5.63. The molecule has 0 fully saturated rings. The third-order valence-electron chi connectivity index (χ3n) is 4.59. The van der Waals surface area contributed by atoms with Gasteiger partial charge < -0.3 is 14.2 Å². The zero-order valence-corrected chi connectivity index (χ0v) is 17.6. The van der Waals surface area contributed by atoms with Crippen molar-refractivity contribution in [2.75, 3.05) is 20.8 Å². The van der Waals surface area contributed by atoms with Gasteiger partial charge in [0.1, 0.15) is 5.75 Å². The van der Waals surface area contributed by atoms with Crippen LogP contribution in [0.3, 0.4) is 0 Å². The van der Waals surface area contributed by atoms with Crippen molar-refractivity contribution in [3.63, 3.8) is 0 Å². The summed E-state index contributed by atoms with van der Waals surface area (Å²) in [5.41, 5.74) is 2.75. The fraction of sp³-hybridized carbons (Fsp3) is 0.286. The molecule has 4 rings (SSSR count). The SMILES string of the molecule is CCOc1ccccc1C1=Nn2c(nnc2-c2ccc(OC)c(OC)c2)S[C@H]1C. The first kappa shape index (κ1) is 19.3. The monoisotopic (exact) mass is 410 g/mol. The lowest BCUT2D eigenvalue weighted by Gasteiger charge is -2.21. The maximum atomic E-state index is 5.82. The molecular weight excluding hydrogens is 388 g/mol. The number of nitrogens with zero attached hydrogens (tertiary/aromatic N) is 4. The van der Waals surface area contributed by atoms with Gasteiger partial charge in [-0.05, 0) is 44.2 Å². The number of hydrogen-bond acceptors (Lipinski definition) is 7. The Kier molecular flexibility index (Phi) is 5.44. The molecule has 3 aromatic rings. The number of thioether (sulfide) groups is 1. The number of ether oxygens (including phenoxy) is 3. The predicted molar refractivity (Wildman–Crippen MR) is 113 cm³/mol. The molecule has 150 valence electrons. The zero-order chi connectivity index (χ0) is 20.4. The van der Waals surface area contributed by atoms with Gasteiger partial charge in [0.05, 0.1) is 31.8 Å². The maximum absolute atomic E-state index is 5.82. The van der Waals surface area contributed by atoms with Crippen LogP contribution in [0.4, 0.5) is 0 Å². The van der Waals surface area contributed by atoms with Gasteiger partial charge in [0.25, 0.3) is 0 Å². The highest BCUT2D eigenvalue weighted by Gasteiger charge is 2.28. The van der Waals surface area contributed by atoms with E-state index in [1.807, 2.05) is 49.4 Å². The molecular formula is C21H22N4O3S. The van der Waals surface area contributed by atoms with Crippen molar-refractivity contribution in [1.82, 2.24) is 14.9 Å². The Hall–Kier alpha value is -3.00. The molecule has 0 radical (unpaired) electrons. The molecule has 1 atom stereocenters. The van der Waals surface area contributed by atoms with Crippen LogP contribution in [0.2, 0.25) is 0 Å². The average molecular weight is 410 g/mol. The highest BCUT2D eigenvalue weighted by Crippen LogP contribution is 2.37. The molecule has 0 amide bonds. The van der Waals surface area contributed by atoms with Gasteiger partial charge in [-0.2, -0.15) is 9.78 Å². The summed E-state index contributed by atoms with van der Waals surface area (Å²) in [4.78, 5) is 0. The second-order valence-electron chi connectivity index (χ2n) is 6.36. The van der Waals surface area contributed by atoms with Crippen LogP contribution in [0.1, 0.15) is 19.4 Å². The first-order chi connectivity index (χ1) is 14.2. The van der Waals surface area contributed by atoms with E-state index in [1.165, 1.54) is 0 Å². The number of aromatic nitrogens is 3. The molecule has 7 nitrogen and oxygen atoms in total. The average Bonchev–Trinajstić information content (AvgIpc) is 3.16. The van der Waals surface area contributed by atoms with Crippen LogP contribution >= 0.6 is 11.8 Å². The molecule has 2 heterocycles. The van der Waals surface area contributed by atoms with E-state index in [0.717, 1.165) is 27.7 Å². The predicted octanol–water partition coefficient (Wildman–Crippen LogP) is 4.11. The Bertz CT molecular complexity index is 1060. The van der Waals surface area contributed by atoms with Gasteiger partial charge in [-0.1, -0.05) is 23.9 Å². The molecule has 1 aromatic heterocycles. The summed E-state index contributed by atoms with van der Waals surface area (Å²) in [6, 6.07) is 13.6. The van der Waals surface area contributed by atoms with Gasteiger partial charge in [-0.3, -0.25) is 0 Å². The molecule has 0 spiro atoms. The van der Waals surface area contributed by atoms with Crippen molar-refractivity contribution >= 4 is 17.5 Å². The van der Waals surface area contributed by atoms with Gasteiger partial charge >= 0.3 is 0 Å². The van der Waals surface area contributed by atoms with E-state index < -0.39 is 0 Å². The summed E-state index contributed by atoms with van der Waals surface area (Å²) in [5.74, 6) is 2.76. The lowest BCUT2D eigenvalue weighted by molar-refractivity contribution is 0.339. The van der Waals surface area contributed by atoms with Crippen LogP contribution in [0.5, 0.6) is 17.2 Å². The molecule has 0 aliphatic carbocycles. The van der Waals surface area contributed by atoms with Gasteiger partial charge in [-0.25, -0.2) is 0 Å². The molecule has 0 saturated heterocycles. The Balaban J connectivity index is 1.81. The minimum absolute atomic E-state index is 0.117. The summed E-state index contributed by atoms with van der Waals surface area (Å²) in [7, 11) is 3.22. The second-order valence-corrected chi connectivity index (χ2v) is 7.67. The van der Waals surface area contributed by atoms with Gasteiger partial charge in [-0.15, -0.1) is 10.2 Å². The minimum atomic E-state index is 0.117. The van der Waals surface area contributed by atoms with Crippen LogP contribution in [0.15, 0.2) is 52.7 Å². The summed E-state index contributed by atoms with van der Waals surface area (Å²) in [5, 5.41) is 14.5. The summed E-state index contributed by atoms with van der Waals surface area (Å²) >= 11 is 1.62. The number of methoxy groups -OCH3 is 2. The third kappa shape index (κ3) is 3.55. The number of rotatable bonds is 6. The number of hydrogen-bond donors (Lipinski definition) is 0. The molecule has 2 aromatic carbocycles. The van der Waals surface area contributed by atoms with Gasteiger partial charge in [0.2, 0.25) is 5.16 Å². The smallest absolute Gasteiger partial charge is 0.213 e. The molecule has 1 aliphatic heterocycles. The van der Waals surface area contributed by atoms with Crippen molar-refractivity contribution < 1.29 is 14.2 Å². The van der Waals surface area contributed by atoms with Crippen LogP contribution in [-0.4, -0.2) is 46.7 Å². The number of para-hydroxylation sites is 1. The topological polar surface area (TPSA) is 70.8 Å². The molecule has 0 saturated carbocycles. The van der Waals surface area contributed by atoms with Gasteiger partial charge in [0.15, 0.2) is 17.3 Å². The van der Waals surface area contributed by atoms with Crippen molar-refractivity contribution in [2.45, 2.75) is 24.3 Å². The van der Waals surface area contributed by atoms with Crippen molar-refractivity contribution in [2.24, 2.45) is 5.10 Å². The highest BCUT2D eigenvalue weighted by molar-refractivity contribution is 8.00. The lowest BCUT2D eigenvalue weighted by atomic mass is 10.1. The lowest BCUT2D eigenvalue weighted by Crippen LogP contribution is -2.22. The van der Waals surface area contributed by atoms with E-state index in [-0.39, 0.29) is 5.25 Å². The van der Waals surface area contributed by atoms with E-state index in [0.29, 0.717) is 23.9 Å². The van der Waals surface area contributed by atoms with E-state index in [2.05, 4.69) is 17.1 Å². The summed E-state index contributed by atoms with van der Waals surface area (Å²) < 4.78 is 18.4. The quantitative estimate of drug-likeness (QED) is 0.609. The van der Waals surface area contributed by atoms with Crippen molar-refractivity contribution in [1.29, 1.82) is 0 Å². The first-order valence-corrected chi connectivity index (χ1v) is 10.2. The summed E-state index contributed by atoms with van der Waals surface area (Å²) in [6.45, 7) is 4.69. The second kappa shape index (κ2) is 8.16. The van der Waals surface area contributed by atoms with Crippen LogP contribution in [0.25, 0.3) is 11.4 Å².